The van der Waals surface area contributed by atoms with E-state index < -0.39 is 11.1 Å². The summed E-state index contributed by atoms with van der Waals surface area (Å²) in [7, 11) is 0. The minimum Gasteiger partial charge on any atom is -0.325 e. The summed E-state index contributed by atoms with van der Waals surface area (Å²) in [6, 6.07) is 4.53. The Hall–Kier alpha value is -0.720. The number of hydrogen-bond donors (Lipinski definition) is 2. The van der Waals surface area contributed by atoms with E-state index in [-0.39, 0.29) is 10.8 Å². The molecule has 0 aromatic heterocycles. The highest BCUT2D eigenvalue weighted by molar-refractivity contribution is 9.10. The maximum atomic E-state index is 10.7. The molecule has 14 heavy (non-hydrogen) atoms. The summed E-state index contributed by atoms with van der Waals surface area (Å²) >= 11 is 1.18. The van der Waals surface area contributed by atoms with Crippen LogP contribution in [0.4, 0.5) is 5.69 Å². The zero-order chi connectivity index (χ0) is 10.7. The Morgan fingerprint density at radius 3 is 2.64 bits per heavy atom. The van der Waals surface area contributed by atoms with Crippen LogP contribution in [0, 0.1) is 0 Å². The van der Waals surface area contributed by atoms with Crippen molar-refractivity contribution in [3.05, 3.63) is 22.7 Å². The third kappa shape index (κ3) is 2.90. The van der Waals surface area contributed by atoms with Crippen LogP contribution in [0.25, 0.3) is 0 Å². The number of amides is 1. The van der Waals surface area contributed by atoms with Gasteiger partial charge in [0.15, 0.2) is 11.1 Å². The van der Waals surface area contributed by atoms with E-state index in [0.29, 0.717) is 10.2 Å². The van der Waals surface area contributed by atoms with Crippen molar-refractivity contribution in [2.75, 3.05) is 5.32 Å². The quantitative estimate of drug-likeness (QED) is 0.813. The molecule has 1 unspecified atom stereocenters. The van der Waals surface area contributed by atoms with Crippen LogP contribution in [0.5, 0.6) is 0 Å². The molecule has 2 N–H and O–H groups in total. The first-order valence-electron chi connectivity index (χ1n) is 3.68. The van der Waals surface area contributed by atoms with Crippen LogP contribution < -0.4 is 5.32 Å². The van der Waals surface area contributed by atoms with Crippen molar-refractivity contribution in [2.24, 2.45) is 0 Å². The van der Waals surface area contributed by atoms with Crippen molar-refractivity contribution >= 4 is 38.6 Å². The van der Waals surface area contributed by atoms with Crippen LogP contribution in [0.1, 0.15) is 6.92 Å². The van der Waals surface area contributed by atoms with Crippen molar-refractivity contribution in [3.8, 4) is 0 Å². The van der Waals surface area contributed by atoms with Gasteiger partial charge in [0.25, 0.3) is 0 Å². The number of anilines is 1. The van der Waals surface area contributed by atoms with Gasteiger partial charge in [-0.25, -0.2) is 4.21 Å². The number of nitrogens with one attached hydrogen (secondary N) is 1. The minimum atomic E-state index is -2.00. The Kier molecular flexibility index (Phi) is 3.79. The second kappa shape index (κ2) is 4.68. The minimum absolute atomic E-state index is 0.191. The molecule has 4 nitrogen and oxygen atoms in total. The molecule has 1 amide bonds. The summed E-state index contributed by atoms with van der Waals surface area (Å²) < 4.78 is 20.1. The molecule has 0 bridgehead atoms. The predicted molar refractivity (Wildman–Crippen MR) is 57.5 cm³/mol. The largest absolute Gasteiger partial charge is 0.325 e. The van der Waals surface area contributed by atoms with Gasteiger partial charge >= 0.3 is 0 Å². The van der Waals surface area contributed by atoms with Crippen LogP contribution in [0.15, 0.2) is 27.6 Å². The van der Waals surface area contributed by atoms with E-state index in [1.807, 2.05) is 0 Å². The first kappa shape index (κ1) is 11.4. The normalized spacial score (nSPS) is 12.2. The molecule has 6 heteroatoms. The molecule has 0 saturated heterocycles. The molecule has 0 aliphatic carbocycles. The standard InChI is InChI=1S/C8H8BrNO3S/c1-5(11)10-8-3-2-6(14(12)13)4-7(8)9/h2-4H,1H3,(H,10,11)(H,12,13). The molecule has 76 valence electrons. The Bertz CT molecular complexity index is 394. The summed E-state index contributed by atoms with van der Waals surface area (Å²) in [5.41, 5.74) is 0.576. The number of benzene rings is 1. The van der Waals surface area contributed by atoms with E-state index >= 15 is 0 Å². The van der Waals surface area contributed by atoms with E-state index in [0.717, 1.165) is 0 Å². The fraction of sp³-hybridized carbons (Fsp3) is 0.125. The Balaban J connectivity index is 3.01. The van der Waals surface area contributed by atoms with Gasteiger partial charge in [0.2, 0.25) is 5.91 Å². The fourth-order valence-electron chi connectivity index (χ4n) is 0.895. The van der Waals surface area contributed by atoms with Crippen molar-refractivity contribution < 1.29 is 13.6 Å². The van der Waals surface area contributed by atoms with Gasteiger partial charge in [0, 0.05) is 11.4 Å². The first-order valence-corrected chi connectivity index (χ1v) is 5.58. The molecule has 0 heterocycles. The second-order valence-electron chi connectivity index (χ2n) is 2.57. The van der Waals surface area contributed by atoms with Gasteiger partial charge in [-0.3, -0.25) is 4.79 Å². The molecule has 0 saturated carbocycles. The number of carbonyl (C=O) groups excluding carboxylic acids is 1. The number of hydrogen-bond acceptors (Lipinski definition) is 2. The maximum absolute atomic E-state index is 10.7. The Morgan fingerprint density at radius 2 is 2.21 bits per heavy atom. The van der Waals surface area contributed by atoms with Gasteiger partial charge < -0.3 is 9.87 Å². The molecule has 0 aliphatic rings. The maximum Gasteiger partial charge on any atom is 0.221 e. The predicted octanol–water partition coefficient (Wildman–Crippen LogP) is 1.99. The number of rotatable bonds is 2. The van der Waals surface area contributed by atoms with Gasteiger partial charge in [0.1, 0.15) is 0 Å². The van der Waals surface area contributed by atoms with Crippen molar-refractivity contribution in [1.29, 1.82) is 0 Å². The van der Waals surface area contributed by atoms with Gasteiger partial charge in [-0.1, -0.05) is 0 Å². The molecule has 1 atom stereocenters. The Morgan fingerprint density at radius 1 is 1.57 bits per heavy atom. The summed E-state index contributed by atoms with van der Waals surface area (Å²) in [6.45, 7) is 1.39. The summed E-state index contributed by atoms with van der Waals surface area (Å²) in [5, 5.41) is 2.57. The highest BCUT2D eigenvalue weighted by atomic mass is 79.9. The smallest absolute Gasteiger partial charge is 0.221 e. The lowest BCUT2D eigenvalue weighted by atomic mass is 10.3. The molecular formula is C8H8BrNO3S. The van der Waals surface area contributed by atoms with Gasteiger partial charge in [-0.15, -0.1) is 0 Å². The lowest BCUT2D eigenvalue weighted by Gasteiger charge is -2.05. The van der Waals surface area contributed by atoms with Crippen molar-refractivity contribution in [2.45, 2.75) is 11.8 Å². The molecule has 0 fully saturated rings. The second-order valence-corrected chi connectivity index (χ2v) is 4.40. The monoisotopic (exact) mass is 277 g/mol. The molecular weight excluding hydrogens is 270 g/mol. The van der Waals surface area contributed by atoms with Gasteiger partial charge in [-0.05, 0) is 34.1 Å². The molecule has 1 rings (SSSR count). The zero-order valence-electron chi connectivity index (χ0n) is 7.28. The summed E-state index contributed by atoms with van der Waals surface area (Å²) in [6.07, 6.45) is 0. The molecule has 0 radical (unpaired) electrons. The topological polar surface area (TPSA) is 66.4 Å². The molecule has 1 aromatic rings. The average Bonchev–Trinajstić information content (AvgIpc) is 2.07. The SMILES string of the molecule is CC(=O)Nc1ccc(S(=O)O)cc1Br. The van der Waals surface area contributed by atoms with Gasteiger partial charge in [-0.2, -0.15) is 0 Å². The van der Waals surface area contributed by atoms with Crippen LogP contribution >= 0.6 is 15.9 Å². The van der Waals surface area contributed by atoms with E-state index in [9.17, 15) is 9.00 Å². The molecule has 1 aromatic carbocycles. The molecule has 0 aliphatic heterocycles. The molecule has 0 spiro atoms. The van der Waals surface area contributed by atoms with E-state index in [1.165, 1.54) is 19.1 Å². The zero-order valence-corrected chi connectivity index (χ0v) is 9.68. The highest BCUT2D eigenvalue weighted by Gasteiger charge is 2.05. The third-order valence-corrected chi connectivity index (χ3v) is 2.77. The van der Waals surface area contributed by atoms with E-state index in [1.54, 1.807) is 6.07 Å². The van der Waals surface area contributed by atoms with Crippen molar-refractivity contribution in [1.82, 2.24) is 0 Å². The highest BCUT2D eigenvalue weighted by Crippen LogP contribution is 2.24. The lowest BCUT2D eigenvalue weighted by Crippen LogP contribution is -2.06. The van der Waals surface area contributed by atoms with E-state index in [2.05, 4.69) is 21.2 Å². The first-order chi connectivity index (χ1) is 6.50. The summed E-state index contributed by atoms with van der Waals surface area (Å²) in [5.74, 6) is -0.191. The van der Waals surface area contributed by atoms with Crippen LogP contribution in [-0.2, 0) is 15.9 Å². The number of carbonyl (C=O) groups is 1. The van der Waals surface area contributed by atoms with E-state index in [4.69, 9.17) is 4.55 Å². The van der Waals surface area contributed by atoms with Crippen LogP contribution in [0.3, 0.4) is 0 Å². The van der Waals surface area contributed by atoms with Gasteiger partial charge in [0.05, 0.1) is 10.6 Å². The average molecular weight is 278 g/mol. The van der Waals surface area contributed by atoms with Crippen LogP contribution in [-0.4, -0.2) is 14.7 Å². The lowest BCUT2D eigenvalue weighted by molar-refractivity contribution is -0.114. The summed E-state index contributed by atoms with van der Waals surface area (Å²) in [4.78, 5) is 11.0. The van der Waals surface area contributed by atoms with Crippen LogP contribution in [0.2, 0.25) is 0 Å². The van der Waals surface area contributed by atoms with Crippen molar-refractivity contribution in [3.63, 3.8) is 0 Å². The number of halogens is 1. The fourth-order valence-corrected chi connectivity index (χ4v) is 1.93. The third-order valence-electron chi connectivity index (χ3n) is 1.45. The Labute approximate surface area is 92.1 Å².